The van der Waals surface area contributed by atoms with Gasteiger partial charge in [-0.05, 0) is 42.4 Å². The van der Waals surface area contributed by atoms with Crippen LogP contribution in [0.5, 0.6) is 0 Å². The molecule has 1 N–H and O–H groups in total. The molecule has 0 radical (unpaired) electrons. The number of aliphatic carboxylic acids is 1. The molecule has 20 heavy (non-hydrogen) atoms. The highest BCUT2D eigenvalue weighted by Gasteiger charge is 2.34. The van der Waals surface area contributed by atoms with Crippen LogP contribution in [-0.4, -0.2) is 28.4 Å². The molecule has 2 aliphatic rings. The van der Waals surface area contributed by atoms with Crippen LogP contribution in [0.4, 0.5) is 0 Å². The van der Waals surface area contributed by atoms with Crippen molar-refractivity contribution in [3.63, 3.8) is 0 Å². The number of likely N-dealkylation sites (tertiary alicyclic amines) is 1. The van der Waals surface area contributed by atoms with Gasteiger partial charge in [-0.1, -0.05) is 18.2 Å². The van der Waals surface area contributed by atoms with Gasteiger partial charge in [-0.15, -0.1) is 0 Å². The number of amides is 1. The van der Waals surface area contributed by atoms with Crippen molar-refractivity contribution < 1.29 is 14.7 Å². The molecule has 1 amide bonds. The lowest BCUT2D eigenvalue weighted by Crippen LogP contribution is -2.25. The third-order valence-electron chi connectivity index (χ3n) is 4.35. The van der Waals surface area contributed by atoms with Gasteiger partial charge in [0.25, 0.3) is 0 Å². The predicted molar refractivity (Wildman–Crippen MR) is 74.2 cm³/mol. The molecule has 1 aliphatic heterocycles. The number of aryl methyl sites for hydroxylation is 2. The number of hydrogen-bond donors (Lipinski definition) is 1. The summed E-state index contributed by atoms with van der Waals surface area (Å²) in [4.78, 5) is 24.5. The van der Waals surface area contributed by atoms with Gasteiger partial charge in [0, 0.05) is 19.5 Å². The highest BCUT2D eigenvalue weighted by Crippen LogP contribution is 2.25. The number of fused-ring (bicyclic) bond motifs is 1. The van der Waals surface area contributed by atoms with Crippen LogP contribution < -0.4 is 0 Å². The summed E-state index contributed by atoms with van der Waals surface area (Å²) in [5.41, 5.74) is 3.94. The van der Waals surface area contributed by atoms with Gasteiger partial charge in [0.2, 0.25) is 5.91 Å². The van der Waals surface area contributed by atoms with Crippen LogP contribution >= 0.6 is 0 Å². The molecule has 1 unspecified atom stereocenters. The molecule has 3 rings (SSSR count). The quantitative estimate of drug-likeness (QED) is 0.916. The van der Waals surface area contributed by atoms with Gasteiger partial charge >= 0.3 is 5.97 Å². The molecule has 0 spiro atoms. The first-order valence-corrected chi connectivity index (χ1v) is 7.25. The molecule has 1 aliphatic carbocycles. The van der Waals surface area contributed by atoms with Gasteiger partial charge in [-0.2, -0.15) is 0 Å². The largest absolute Gasteiger partial charge is 0.481 e. The zero-order valence-corrected chi connectivity index (χ0v) is 11.5. The average Bonchev–Trinajstić information content (AvgIpc) is 2.80. The second-order valence-electron chi connectivity index (χ2n) is 5.82. The van der Waals surface area contributed by atoms with Crippen molar-refractivity contribution in [3.05, 3.63) is 34.9 Å². The van der Waals surface area contributed by atoms with Crippen LogP contribution in [0.25, 0.3) is 0 Å². The fourth-order valence-corrected chi connectivity index (χ4v) is 3.20. The summed E-state index contributed by atoms with van der Waals surface area (Å²) in [6.45, 7) is 0.876. The van der Waals surface area contributed by atoms with Crippen molar-refractivity contribution >= 4 is 11.9 Å². The molecule has 1 aromatic carbocycles. The Morgan fingerprint density at radius 2 is 2.00 bits per heavy atom. The second kappa shape index (κ2) is 5.27. The molecule has 0 saturated carbocycles. The van der Waals surface area contributed by atoms with Crippen molar-refractivity contribution in [2.24, 2.45) is 5.92 Å². The second-order valence-corrected chi connectivity index (χ2v) is 5.82. The van der Waals surface area contributed by atoms with Crippen LogP contribution in [0.2, 0.25) is 0 Å². The molecule has 1 fully saturated rings. The van der Waals surface area contributed by atoms with E-state index >= 15 is 0 Å². The lowest BCUT2D eigenvalue weighted by Gasteiger charge is -2.20. The fourth-order valence-electron chi connectivity index (χ4n) is 3.20. The fraction of sp³-hybridized carbons (Fsp3) is 0.500. The summed E-state index contributed by atoms with van der Waals surface area (Å²) < 4.78 is 0. The molecule has 1 saturated heterocycles. The molecule has 106 valence electrons. The minimum Gasteiger partial charge on any atom is -0.481 e. The maximum atomic E-state index is 11.8. The Bertz CT molecular complexity index is 553. The molecule has 1 aromatic rings. The molecule has 4 nitrogen and oxygen atoms in total. The van der Waals surface area contributed by atoms with E-state index in [0.29, 0.717) is 13.1 Å². The first-order valence-electron chi connectivity index (χ1n) is 7.25. The predicted octanol–water partition coefficient (Wildman–Crippen LogP) is 2.00. The SMILES string of the molecule is O=C(O)C1CC(=O)N(Cc2ccc3c(c2)CCCC3)C1. The number of benzene rings is 1. The van der Waals surface area contributed by atoms with Crippen LogP contribution in [0.3, 0.4) is 0 Å². The zero-order chi connectivity index (χ0) is 14.1. The van der Waals surface area contributed by atoms with Crippen molar-refractivity contribution in [3.8, 4) is 0 Å². The topological polar surface area (TPSA) is 57.6 Å². The van der Waals surface area contributed by atoms with Gasteiger partial charge in [0.15, 0.2) is 0 Å². The number of carboxylic acids is 1. The summed E-state index contributed by atoms with van der Waals surface area (Å²) in [5, 5.41) is 8.99. The minimum atomic E-state index is -0.869. The molecular formula is C16H19NO3. The standard InChI is InChI=1S/C16H19NO3/c18-15-8-14(16(19)20)10-17(15)9-11-5-6-12-3-1-2-4-13(12)7-11/h5-7,14H,1-4,8-10H2,(H,19,20). The Kier molecular flexibility index (Phi) is 3.47. The van der Waals surface area contributed by atoms with E-state index in [2.05, 4.69) is 18.2 Å². The van der Waals surface area contributed by atoms with Gasteiger partial charge in [-0.25, -0.2) is 0 Å². The lowest BCUT2D eigenvalue weighted by molar-refractivity contribution is -0.141. The Labute approximate surface area is 118 Å². The van der Waals surface area contributed by atoms with E-state index in [9.17, 15) is 9.59 Å². The van der Waals surface area contributed by atoms with Crippen molar-refractivity contribution in [1.82, 2.24) is 4.90 Å². The minimum absolute atomic E-state index is 0.0462. The van der Waals surface area contributed by atoms with E-state index in [1.54, 1.807) is 4.90 Å². The van der Waals surface area contributed by atoms with Crippen molar-refractivity contribution in [1.29, 1.82) is 0 Å². The number of carbonyl (C=O) groups is 2. The summed E-state index contributed by atoms with van der Waals surface area (Å²) in [6, 6.07) is 6.43. The van der Waals surface area contributed by atoms with E-state index in [-0.39, 0.29) is 12.3 Å². The normalized spacial score (nSPS) is 21.9. The number of nitrogens with zero attached hydrogens (tertiary/aromatic N) is 1. The lowest BCUT2D eigenvalue weighted by atomic mass is 9.90. The van der Waals surface area contributed by atoms with Crippen molar-refractivity contribution in [2.45, 2.75) is 38.6 Å². The monoisotopic (exact) mass is 273 g/mol. The van der Waals surface area contributed by atoms with E-state index in [1.165, 1.54) is 24.0 Å². The molecule has 4 heteroatoms. The third kappa shape index (κ3) is 2.55. The molecule has 1 atom stereocenters. The zero-order valence-electron chi connectivity index (χ0n) is 11.5. The van der Waals surface area contributed by atoms with Crippen LogP contribution in [0, 0.1) is 5.92 Å². The maximum absolute atomic E-state index is 11.8. The van der Waals surface area contributed by atoms with E-state index in [4.69, 9.17) is 5.11 Å². The van der Waals surface area contributed by atoms with Gasteiger partial charge in [0.1, 0.15) is 0 Å². The van der Waals surface area contributed by atoms with Gasteiger partial charge in [0.05, 0.1) is 5.92 Å². The number of carboxylic acid groups (broad SMARTS) is 1. The van der Waals surface area contributed by atoms with Crippen molar-refractivity contribution in [2.75, 3.05) is 6.54 Å². The summed E-state index contributed by atoms with van der Waals surface area (Å²) in [7, 11) is 0. The van der Waals surface area contributed by atoms with Gasteiger partial charge < -0.3 is 10.0 Å². The average molecular weight is 273 g/mol. The number of carbonyl (C=O) groups excluding carboxylic acids is 1. The highest BCUT2D eigenvalue weighted by molar-refractivity contribution is 5.86. The molecule has 0 bridgehead atoms. The van der Waals surface area contributed by atoms with Crippen LogP contribution in [0.15, 0.2) is 18.2 Å². The summed E-state index contributed by atoms with van der Waals surface area (Å²) in [6.07, 6.45) is 4.91. The third-order valence-corrected chi connectivity index (χ3v) is 4.35. The Morgan fingerprint density at radius 3 is 2.70 bits per heavy atom. The number of rotatable bonds is 3. The summed E-state index contributed by atoms with van der Waals surface area (Å²) >= 11 is 0. The van der Waals surface area contributed by atoms with Crippen LogP contribution in [0.1, 0.15) is 36.0 Å². The molecule has 1 heterocycles. The Morgan fingerprint density at radius 1 is 1.25 bits per heavy atom. The van der Waals surface area contributed by atoms with Crippen LogP contribution in [-0.2, 0) is 29.0 Å². The Hall–Kier alpha value is -1.84. The van der Waals surface area contributed by atoms with E-state index in [0.717, 1.165) is 18.4 Å². The first kappa shape index (κ1) is 13.2. The number of hydrogen-bond acceptors (Lipinski definition) is 2. The smallest absolute Gasteiger partial charge is 0.308 e. The van der Waals surface area contributed by atoms with E-state index in [1.807, 2.05) is 0 Å². The molecular weight excluding hydrogens is 254 g/mol. The Balaban J connectivity index is 1.72. The maximum Gasteiger partial charge on any atom is 0.308 e. The summed E-state index contributed by atoms with van der Waals surface area (Å²) in [5.74, 6) is -1.46. The van der Waals surface area contributed by atoms with Gasteiger partial charge in [-0.3, -0.25) is 9.59 Å². The highest BCUT2D eigenvalue weighted by atomic mass is 16.4. The molecule has 0 aromatic heterocycles. The first-order chi connectivity index (χ1) is 9.63. The van der Waals surface area contributed by atoms with E-state index < -0.39 is 11.9 Å².